The lowest BCUT2D eigenvalue weighted by Crippen LogP contribution is -2.41. The standard InChI is InChI=1S/C14H26N2O4Si/c1-14(2,3)21(6,7)20-9-11(17)10-8-15-12(18-4)13(16-10)19-5/h8,11,17H,9H2,1-7H3/t11-/m1/s1. The van der Waals surface area contributed by atoms with Gasteiger partial charge in [-0.3, -0.25) is 0 Å². The lowest BCUT2D eigenvalue weighted by Gasteiger charge is -2.36. The summed E-state index contributed by atoms with van der Waals surface area (Å²) in [7, 11) is 1.07. The molecule has 0 aromatic carbocycles. The van der Waals surface area contributed by atoms with Crippen molar-refractivity contribution in [3.8, 4) is 11.8 Å². The molecular formula is C14H26N2O4Si. The van der Waals surface area contributed by atoms with Crippen LogP contribution < -0.4 is 9.47 Å². The quantitative estimate of drug-likeness (QED) is 0.813. The Bertz CT molecular complexity index is 475. The molecule has 1 atom stereocenters. The second-order valence-corrected chi connectivity index (χ2v) is 11.2. The fourth-order valence-electron chi connectivity index (χ4n) is 1.40. The summed E-state index contributed by atoms with van der Waals surface area (Å²) < 4.78 is 16.1. The van der Waals surface area contributed by atoms with Crippen LogP contribution in [0, 0.1) is 0 Å². The van der Waals surface area contributed by atoms with Gasteiger partial charge in [0.1, 0.15) is 6.10 Å². The van der Waals surface area contributed by atoms with Crippen LogP contribution in [0.3, 0.4) is 0 Å². The van der Waals surface area contributed by atoms with Gasteiger partial charge in [0.25, 0.3) is 11.8 Å². The van der Waals surface area contributed by atoms with E-state index in [4.69, 9.17) is 13.9 Å². The Balaban J connectivity index is 2.79. The maximum Gasteiger partial charge on any atom is 0.278 e. The number of ether oxygens (including phenoxy) is 2. The predicted octanol–water partition coefficient (Wildman–Crippen LogP) is 2.55. The molecule has 0 radical (unpaired) electrons. The van der Waals surface area contributed by atoms with Crippen molar-refractivity contribution in [3.05, 3.63) is 11.9 Å². The summed E-state index contributed by atoms with van der Waals surface area (Å²) in [5, 5.41) is 10.3. The fourth-order valence-corrected chi connectivity index (χ4v) is 2.40. The first-order valence-electron chi connectivity index (χ1n) is 6.89. The number of aliphatic hydroxyl groups is 1. The first-order valence-corrected chi connectivity index (χ1v) is 9.80. The van der Waals surface area contributed by atoms with Crippen LogP contribution in [0.1, 0.15) is 32.6 Å². The first-order chi connectivity index (χ1) is 9.62. The van der Waals surface area contributed by atoms with E-state index in [0.29, 0.717) is 11.6 Å². The Hall–Kier alpha value is -1.18. The normalized spacial score (nSPS) is 13.9. The summed E-state index contributed by atoms with van der Waals surface area (Å²) in [6.45, 7) is 10.9. The summed E-state index contributed by atoms with van der Waals surface area (Å²) in [6, 6.07) is 0. The van der Waals surface area contributed by atoms with E-state index >= 15 is 0 Å². The number of hydrogen-bond donors (Lipinski definition) is 1. The van der Waals surface area contributed by atoms with Crippen LogP contribution in [0.4, 0.5) is 0 Å². The van der Waals surface area contributed by atoms with Crippen molar-refractivity contribution >= 4 is 8.32 Å². The molecule has 0 aliphatic carbocycles. The number of aliphatic hydroxyl groups excluding tert-OH is 1. The third kappa shape index (κ3) is 4.39. The highest BCUT2D eigenvalue weighted by Crippen LogP contribution is 2.37. The fraction of sp³-hybridized carbons (Fsp3) is 0.714. The summed E-state index contributed by atoms with van der Waals surface area (Å²) >= 11 is 0. The Morgan fingerprint density at radius 1 is 1.19 bits per heavy atom. The van der Waals surface area contributed by atoms with Crippen molar-refractivity contribution in [2.24, 2.45) is 0 Å². The molecule has 0 aliphatic rings. The zero-order valence-electron chi connectivity index (χ0n) is 13.9. The minimum absolute atomic E-state index is 0.0933. The van der Waals surface area contributed by atoms with Crippen LogP contribution in [0.5, 0.6) is 11.8 Å². The zero-order valence-corrected chi connectivity index (χ0v) is 14.9. The van der Waals surface area contributed by atoms with Gasteiger partial charge in [0.15, 0.2) is 8.32 Å². The smallest absolute Gasteiger partial charge is 0.278 e. The van der Waals surface area contributed by atoms with Crippen molar-refractivity contribution in [2.45, 2.75) is 45.0 Å². The zero-order chi connectivity index (χ0) is 16.3. The minimum atomic E-state index is -1.90. The van der Waals surface area contributed by atoms with E-state index in [9.17, 15) is 5.11 Å². The Labute approximate surface area is 127 Å². The molecule has 0 saturated heterocycles. The molecule has 7 heteroatoms. The largest absolute Gasteiger partial charge is 0.477 e. The van der Waals surface area contributed by atoms with E-state index in [1.807, 2.05) is 0 Å². The predicted molar refractivity (Wildman–Crippen MR) is 83.2 cm³/mol. The molecule has 1 aromatic rings. The molecule has 0 fully saturated rings. The van der Waals surface area contributed by atoms with E-state index in [1.165, 1.54) is 20.4 Å². The minimum Gasteiger partial charge on any atom is -0.477 e. The van der Waals surface area contributed by atoms with Crippen LogP contribution >= 0.6 is 0 Å². The van der Waals surface area contributed by atoms with E-state index in [1.54, 1.807) is 0 Å². The van der Waals surface area contributed by atoms with Gasteiger partial charge in [0, 0.05) is 0 Å². The van der Waals surface area contributed by atoms with Gasteiger partial charge in [0.05, 0.1) is 32.7 Å². The number of nitrogens with zero attached hydrogens (tertiary/aromatic N) is 2. The number of aromatic nitrogens is 2. The summed E-state index contributed by atoms with van der Waals surface area (Å²) in [6.07, 6.45) is 0.632. The van der Waals surface area contributed by atoms with Gasteiger partial charge in [-0.15, -0.1) is 0 Å². The van der Waals surface area contributed by atoms with Crippen molar-refractivity contribution in [1.82, 2.24) is 9.97 Å². The van der Waals surface area contributed by atoms with Crippen molar-refractivity contribution in [1.29, 1.82) is 0 Å². The van der Waals surface area contributed by atoms with Gasteiger partial charge in [-0.05, 0) is 18.1 Å². The summed E-state index contributed by atoms with van der Waals surface area (Å²) in [5.41, 5.74) is 0.409. The SMILES string of the molecule is COc1ncc([C@H](O)CO[Si](C)(C)C(C)(C)C)nc1OC. The molecule has 0 unspecified atom stereocenters. The average molecular weight is 314 g/mol. The lowest BCUT2D eigenvalue weighted by atomic mass is 10.2. The number of hydrogen-bond acceptors (Lipinski definition) is 6. The average Bonchev–Trinajstić information content (AvgIpc) is 2.42. The molecule has 1 N–H and O–H groups in total. The number of methoxy groups -OCH3 is 2. The van der Waals surface area contributed by atoms with Gasteiger partial charge >= 0.3 is 0 Å². The molecule has 21 heavy (non-hydrogen) atoms. The van der Waals surface area contributed by atoms with E-state index in [2.05, 4.69) is 43.8 Å². The lowest BCUT2D eigenvalue weighted by molar-refractivity contribution is 0.0958. The molecule has 120 valence electrons. The Morgan fingerprint density at radius 2 is 1.76 bits per heavy atom. The van der Waals surface area contributed by atoms with Gasteiger partial charge in [-0.25, -0.2) is 9.97 Å². The van der Waals surface area contributed by atoms with Crippen LogP contribution in [0.2, 0.25) is 18.1 Å². The third-order valence-corrected chi connectivity index (χ3v) is 8.36. The Kier molecular flexibility index (Phi) is 5.72. The monoisotopic (exact) mass is 314 g/mol. The van der Waals surface area contributed by atoms with E-state index < -0.39 is 14.4 Å². The summed E-state index contributed by atoms with van der Waals surface area (Å²) in [5.74, 6) is 0.542. The highest BCUT2D eigenvalue weighted by Gasteiger charge is 2.37. The van der Waals surface area contributed by atoms with Crippen LogP contribution in [-0.4, -0.2) is 44.2 Å². The van der Waals surface area contributed by atoms with Gasteiger partial charge in [-0.2, -0.15) is 0 Å². The van der Waals surface area contributed by atoms with Gasteiger partial charge in [0.2, 0.25) is 0 Å². The maximum absolute atomic E-state index is 10.2. The molecule has 0 aliphatic heterocycles. The van der Waals surface area contributed by atoms with Crippen LogP contribution in [0.25, 0.3) is 0 Å². The third-order valence-electron chi connectivity index (χ3n) is 3.86. The molecule has 0 amide bonds. The van der Waals surface area contributed by atoms with Crippen LogP contribution in [-0.2, 0) is 4.43 Å². The number of rotatable bonds is 6. The van der Waals surface area contributed by atoms with Gasteiger partial charge in [-0.1, -0.05) is 20.8 Å². The second kappa shape index (κ2) is 6.72. The first kappa shape index (κ1) is 17.9. The molecule has 0 bridgehead atoms. The molecule has 1 heterocycles. The van der Waals surface area contributed by atoms with Crippen molar-refractivity contribution < 1.29 is 19.0 Å². The highest BCUT2D eigenvalue weighted by molar-refractivity contribution is 6.74. The molecular weight excluding hydrogens is 288 g/mol. The molecule has 0 saturated carbocycles. The molecule has 1 aromatic heterocycles. The van der Waals surface area contributed by atoms with Crippen LogP contribution in [0.15, 0.2) is 6.20 Å². The molecule has 1 rings (SSSR count). The maximum atomic E-state index is 10.2. The van der Waals surface area contributed by atoms with Crippen molar-refractivity contribution in [2.75, 3.05) is 20.8 Å². The second-order valence-electron chi connectivity index (χ2n) is 6.40. The van der Waals surface area contributed by atoms with Crippen molar-refractivity contribution in [3.63, 3.8) is 0 Å². The topological polar surface area (TPSA) is 73.7 Å². The summed E-state index contributed by atoms with van der Waals surface area (Å²) in [4.78, 5) is 8.27. The highest BCUT2D eigenvalue weighted by atomic mass is 28.4. The molecule has 6 nitrogen and oxygen atoms in total. The van der Waals surface area contributed by atoms with E-state index in [-0.39, 0.29) is 17.5 Å². The van der Waals surface area contributed by atoms with Gasteiger partial charge < -0.3 is 19.0 Å². The molecule has 0 spiro atoms. The Morgan fingerprint density at radius 3 is 2.24 bits per heavy atom. The van der Waals surface area contributed by atoms with E-state index in [0.717, 1.165) is 0 Å².